The van der Waals surface area contributed by atoms with Gasteiger partial charge in [0, 0.05) is 12.8 Å². The molecule has 5 N–H and O–H groups in total. The molecule has 3 aromatic rings. The number of esters is 1. The van der Waals surface area contributed by atoms with E-state index in [-0.39, 0.29) is 11.7 Å². The lowest BCUT2D eigenvalue weighted by Gasteiger charge is -2.41. The summed E-state index contributed by atoms with van der Waals surface area (Å²) in [5, 5.41) is 49.8. The molecule has 0 bridgehead atoms. The van der Waals surface area contributed by atoms with Crippen LogP contribution >= 0.6 is 0 Å². The summed E-state index contributed by atoms with van der Waals surface area (Å²) in [4.78, 5) is 34.0. The fourth-order valence-corrected chi connectivity index (χ4v) is 4.65. The third-order valence-electron chi connectivity index (χ3n) is 6.63. The van der Waals surface area contributed by atoms with Crippen LogP contribution in [0.15, 0.2) is 66.7 Å². The number of aromatic nitrogens is 2. The van der Waals surface area contributed by atoms with E-state index in [0.717, 1.165) is 0 Å². The van der Waals surface area contributed by atoms with Crippen LogP contribution in [0, 0.1) is 6.92 Å². The number of rotatable bonds is 10. The van der Waals surface area contributed by atoms with Crippen molar-refractivity contribution in [2.45, 2.75) is 55.9 Å². The second kappa shape index (κ2) is 12.7. The number of carboxylic acids is 1. The second-order valence-electron chi connectivity index (χ2n) is 9.28. The molecule has 0 saturated carbocycles. The smallest absolute Gasteiger partial charge is 0.353 e. The summed E-state index contributed by atoms with van der Waals surface area (Å²) in [6.07, 6.45) is -11.8. The lowest BCUT2D eigenvalue weighted by molar-refractivity contribution is -0.289. The van der Waals surface area contributed by atoms with Gasteiger partial charge in [-0.05, 0) is 24.1 Å². The summed E-state index contributed by atoms with van der Waals surface area (Å²) in [5.74, 6) is -2.87. The van der Waals surface area contributed by atoms with Gasteiger partial charge in [0.1, 0.15) is 18.3 Å². The van der Waals surface area contributed by atoms with Gasteiger partial charge in [-0.1, -0.05) is 60.7 Å². The molecule has 1 fully saturated rings. The topological polar surface area (TPSA) is 198 Å². The number of aliphatic hydroxyl groups excluding tert-OH is 4. The van der Waals surface area contributed by atoms with Gasteiger partial charge < -0.3 is 44.5 Å². The van der Waals surface area contributed by atoms with Crippen molar-refractivity contribution in [3.05, 3.63) is 89.2 Å². The molecule has 4 rings (SSSR count). The molecule has 1 aromatic heterocycles. The van der Waals surface area contributed by atoms with Crippen LogP contribution in [0.2, 0.25) is 0 Å². The molecule has 0 amide bonds. The molecule has 1 aliphatic rings. The summed E-state index contributed by atoms with van der Waals surface area (Å²) < 4.78 is 22.7. The number of ether oxygens (including phenoxy) is 4. The lowest BCUT2D eigenvalue weighted by Crippen LogP contribution is -2.61. The summed E-state index contributed by atoms with van der Waals surface area (Å²) in [7, 11) is 1.34. The molecular weight excluding hydrogens is 540 g/mol. The summed E-state index contributed by atoms with van der Waals surface area (Å²) in [6.45, 7) is 1.18. The van der Waals surface area contributed by atoms with Crippen LogP contribution in [-0.4, -0.2) is 91.4 Å². The van der Waals surface area contributed by atoms with E-state index in [1.165, 1.54) is 13.2 Å². The number of carboxylic acid groups (broad SMARTS) is 1. The van der Waals surface area contributed by atoms with Gasteiger partial charge in [0.15, 0.2) is 11.7 Å². The van der Waals surface area contributed by atoms with Crippen LogP contribution < -0.4 is 4.74 Å². The zero-order valence-corrected chi connectivity index (χ0v) is 22.1. The van der Waals surface area contributed by atoms with E-state index in [4.69, 9.17) is 18.9 Å². The van der Waals surface area contributed by atoms with Crippen LogP contribution in [0.5, 0.6) is 6.01 Å². The molecule has 0 unspecified atom stereocenters. The highest BCUT2D eigenvalue weighted by molar-refractivity contribution is 5.79. The average Bonchev–Trinajstić information content (AvgIpc) is 2.98. The molecule has 2 heterocycles. The van der Waals surface area contributed by atoms with Crippen molar-refractivity contribution in [1.29, 1.82) is 0 Å². The number of nitrogens with zero attached hydrogens (tertiary/aromatic N) is 2. The monoisotopic (exact) mass is 570 g/mol. The predicted octanol–water partition coefficient (Wildman–Crippen LogP) is 0.0503. The van der Waals surface area contributed by atoms with Crippen molar-refractivity contribution in [2.24, 2.45) is 0 Å². The highest BCUT2D eigenvalue weighted by Crippen LogP contribution is 2.39. The molecule has 0 radical (unpaired) electrons. The first-order valence-electron chi connectivity index (χ1n) is 12.5. The van der Waals surface area contributed by atoms with Crippen molar-refractivity contribution in [3.8, 4) is 6.01 Å². The Bertz CT molecular complexity index is 1300. The number of aliphatic hydroxyl groups is 4. The summed E-state index contributed by atoms with van der Waals surface area (Å²) in [6, 6.07) is 18.3. The van der Waals surface area contributed by atoms with Crippen LogP contribution in [0.3, 0.4) is 0 Å². The van der Waals surface area contributed by atoms with Gasteiger partial charge >= 0.3 is 17.9 Å². The molecule has 2 aromatic carbocycles. The lowest BCUT2D eigenvalue weighted by atomic mass is 9.81. The first-order chi connectivity index (χ1) is 19.6. The minimum absolute atomic E-state index is 0.203. The Morgan fingerprint density at radius 2 is 1.54 bits per heavy atom. The molecule has 41 heavy (non-hydrogen) atoms. The van der Waals surface area contributed by atoms with Gasteiger partial charge in [0.05, 0.1) is 12.3 Å². The summed E-state index contributed by atoms with van der Waals surface area (Å²) >= 11 is 0. The Hall–Kier alpha value is -3.98. The van der Waals surface area contributed by atoms with Crippen LogP contribution in [-0.2, 0) is 36.0 Å². The standard InChI is InChI=1S/C28H30N2O11/c1-15-13-18(14-31)30-27(29-15)40-23(25(37)41-26-21(34)19(32)20(33)22(39-26)24(35)36)28(38-2,16-9-5-3-6-10-16)17-11-7-4-8-12-17/h3-13,19-23,26,31-34H,14H2,1-2H3,(H,35,36)/t19-,20-,21+,22-,23+,26-/m0/s1. The van der Waals surface area contributed by atoms with Gasteiger partial charge in [-0.25, -0.2) is 14.6 Å². The first-order valence-corrected chi connectivity index (χ1v) is 12.5. The van der Waals surface area contributed by atoms with E-state index < -0.39 is 61.0 Å². The van der Waals surface area contributed by atoms with Crippen molar-refractivity contribution < 1.29 is 54.1 Å². The number of aryl methyl sites for hydroxylation is 1. The predicted molar refractivity (Wildman–Crippen MR) is 138 cm³/mol. The highest BCUT2D eigenvalue weighted by atomic mass is 16.7. The van der Waals surface area contributed by atoms with Crippen molar-refractivity contribution in [3.63, 3.8) is 0 Å². The Labute approximate surface area is 234 Å². The van der Waals surface area contributed by atoms with Crippen LogP contribution in [0.1, 0.15) is 22.5 Å². The quantitative estimate of drug-likeness (QED) is 0.205. The molecule has 13 heteroatoms. The molecule has 218 valence electrons. The summed E-state index contributed by atoms with van der Waals surface area (Å²) in [5.41, 5.74) is -0.240. The van der Waals surface area contributed by atoms with Crippen molar-refractivity contribution in [2.75, 3.05) is 7.11 Å². The fraction of sp³-hybridized carbons (Fsp3) is 0.357. The molecule has 6 atom stereocenters. The Morgan fingerprint density at radius 1 is 0.951 bits per heavy atom. The highest BCUT2D eigenvalue weighted by Gasteiger charge is 2.53. The van der Waals surface area contributed by atoms with E-state index in [0.29, 0.717) is 16.8 Å². The molecule has 0 spiro atoms. The second-order valence-corrected chi connectivity index (χ2v) is 9.28. The zero-order valence-electron chi connectivity index (χ0n) is 22.1. The van der Waals surface area contributed by atoms with Crippen molar-refractivity contribution in [1.82, 2.24) is 9.97 Å². The SMILES string of the molecule is COC(c1ccccc1)(c1ccccc1)[C@H](Oc1nc(C)cc(CO)n1)C(=O)O[C@@H]1O[C@H](C(=O)O)[C@@H](O)[C@H](O)[C@H]1O. The van der Waals surface area contributed by atoms with E-state index in [1.807, 2.05) is 0 Å². The van der Waals surface area contributed by atoms with Gasteiger partial charge in [-0.2, -0.15) is 4.98 Å². The van der Waals surface area contributed by atoms with Gasteiger partial charge in [0.25, 0.3) is 0 Å². The third-order valence-corrected chi connectivity index (χ3v) is 6.63. The van der Waals surface area contributed by atoms with Gasteiger partial charge in [-0.3, -0.25) is 0 Å². The van der Waals surface area contributed by atoms with E-state index in [1.54, 1.807) is 67.6 Å². The normalized spacial score (nSPS) is 23.4. The molecule has 0 aliphatic carbocycles. The van der Waals surface area contributed by atoms with Gasteiger partial charge in [0.2, 0.25) is 12.4 Å². The third kappa shape index (κ3) is 6.05. The fourth-order valence-electron chi connectivity index (χ4n) is 4.65. The maximum Gasteiger partial charge on any atom is 0.353 e. The molecular formula is C28H30N2O11. The Kier molecular flexibility index (Phi) is 9.28. The van der Waals surface area contributed by atoms with E-state index in [9.17, 15) is 35.1 Å². The number of aliphatic carboxylic acids is 1. The zero-order chi connectivity index (χ0) is 29.7. The van der Waals surface area contributed by atoms with Crippen LogP contribution in [0.4, 0.5) is 0 Å². The van der Waals surface area contributed by atoms with E-state index in [2.05, 4.69) is 9.97 Å². The first kappa shape index (κ1) is 30.0. The van der Waals surface area contributed by atoms with E-state index >= 15 is 0 Å². The Balaban J connectivity index is 1.84. The Morgan fingerprint density at radius 3 is 2.05 bits per heavy atom. The minimum Gasteiger partial charge on any atom is -0.479 e. The average molecular weight is 571 g/mol. The maximum atomic E-state index is 14.0. The molecule has 1 saturated heterocycles. The number of hydrogen-bond donors (Lipinski definition) is 5. The van der Waals surface area contributed by atoms with Gasteiger partial charge in [-0.15, -0.1) is 0 Å². The van der Waals surface area contributed by atoms with Crippen molar-refractivity contribution >= 4 is 11.9 Å². The number of carbonyl (C=O) groups excluding carboxylic acids is 1. The number of carbonyl (C=O) groups is 2. The number of hydrogen-bond acceptors (Lipinski definition) is 12. The molecule has 1 aliphatic heterocycles. The maximum absolute atomic E-state index is 14.0. The largest absolute Gasteiger partial charge is 0.479 e. The number of methoxy groups -OCH3 is 1. The van der Waals surface area contributed by atoms with Crippen LogP contribution in [0.25, 0.3) is 0 Å². The molecule has 13 nitrogen and oxygen atoms in total. The minimum atomic E-state index is -2.01. The number of benzene rings is 2.